The number of esters is 1. The number of amides is 1. The highest BCUT2D eigenvalue weighted by atomic mass is 16.6. The topological polar surface area (TPSA) is 49.9 Å². The number of carbonyl (C=O) groups excluding carboxylic acids is 2. The molecule has 1 saturated carbocycles. The van der Waals surface area contributed by atoms with Crippen molar-refractivity contribution in [3.63, 3.8) is 0 Å². The van der Waals surface area contributed by atoms with E-state index in [0.29, 0.717) is 0 Å². The van der Waals surface area contributed by atoms with Gasteiger partial charge >= 0.3 is 5.97 Å². The van der Waals surface area contributed by atoms with Crippen LogP contribution in [0.2, 0.25) is 0 Å². The van der Waals surface area contributed by atoms with E-state index in [0.717, 1.165) is 32.2 Å². The lowest BCUT2D eigenvalue weighted by Gasteiger charge is -2.34. The number of nitrogens with zero attached hydrogens (tertiary/aromatic N) is 2. The van der Waals surface area contributed by atoms with Gasteiger partial charge in [0.2, 0.25) is 5.91 Å². The van der Waals surface area contributed by atoms with Crippen LogP contribution in [0.5, 0.6) is 0 Å². The van der Waals surface area contributed by atoms with E-state index in [4.69, 9.17) is 4.74 Å². The molecule has 0 aromatic rings. The van der Waals surface area contributed by atoms with Crippen molar-refractivity contribution in [2.75, 3.05) is 26.2 Å². The molecule has 0 aromatic heterocycles. The van der Waals surface area contributed by atoms with Crippen LogP contribution in [0, 0.1) is 0 Å². The quantitative estimate of drug-likeness (QED) is 0.732. The molecule has 0 aromatic carbocycles. The van der Waals surface area contributed by atoms with E-state index < -0.39 is 5.60 Å². The van der Waals surface area contributed by atoms with E-state index in [1.807, 2.05) is 25.7 Å². The van der Waals surface area contributed by atoms with Crippen LogP contribution in [0.15, 0.2) is 0 Å². The van der Waals surface area contributed by atoms with Crippen LogP contribution in [0.4, 0.5) is 0 Å². The summed E-state index contributed by atoms with van der Waals surface area (Å²) in [5.74, 6) is -0.214. The number of ether oxygens (including phenoxy) is 1. The summed E-state index contributed by atoms with van der Waals surface area (Å²) in [5.41, 5.74) is -0.476. The second-order valence-electron chi connectivity index (χ2n) is 6.73. The molecule has 0 N–H and O–H groups in total. The number of rotatable bonds is 4. The molecule has 0 spiro atoms. The standard InChI is InChI=1S/C15H26N2O3/c1-15(2,3)20-14(19)7-6-13(18)17-10-8-16(9-11-17)12-4-5-12/h12H,4-11H2,1-3H3. The van der Waals surface area contributed by atoms with Gasteiger partial charge in [0.05, 0.1) is 6.42 Å². The monoisotopic (exact) mass is 282 g/mol. The lowest BCUT2D eigenvalue weighted by Crippen LogP contribution is -2.49. The number of hydrogen-bond donors (Lipinski definition) is 0. The first kappa shape index (κ1) is 15.3. The fraction of sp³-hybridized carbons (Fsp3) is 0.867. The lowest BCUT2D eigenvalue weighted by atomic mass is 10.2. The van der Waals surface area contributed by atoms with E-state index >= 15 is 0 Å². The Morgan fingerprint density at radius 2 is 1.65 bits per heavy atom. The Bertz CT molecular complexity index is 364. The van der Waals surface area contributed by atoms with E-state index in [1.54, 1.807) is 0 Å². The van der Waals surface area contributed by atoms with E-state index in [2.05, 4.69) is 4.90 Å². The second-order valence-corrected chi connectivity index (χ2v) is 6.73. The third kappa shape index (κ3) is 4.78. The van der Waals surface area contributed by atoms with Crippen molar-refractivity contribution in [1.29, 1.82) is 0 Å². The van der Waals surface area contributed by atoms with Gasteiger partial charge in [0.15, 0.2) is 0 Å². The molecule has 20 heavy (non-hydrogen) atoms. The minimum Gasteiger partial charge on any atom is -0.460 e. The maximum atomic E-state index is 12.1. The first-order chi connectivity index (χ1) is 9.35. The highest BCUT2D eigenvalue weighted by molar-refractivity contribution is 5.81. The summed E-state index contributed by atoms with van der Waals surface area (Å²) in [6.45, 7) is 9.05. The molecule has 2 aliphatic rings. The smallest absolute Gasteiger partial charge is 0.306 e. The summed E-state index contributed by atoms with van der Waals surface area (Å²) in [6, 6.07) is 0.772. The van der Waals surface area contributed by atoms with Crippen LogP contribution in [0.3, 0.4) is 0 Å². The molecule has 0 unspecified atom stereocenters. The average molecular weight is 282 g/mol. The number of piperazine rings is 1. The van der Waals surface area contributed by atoms with E-state index in [-0.39, 0.29) is 24.7 Å². The van der Waals surface area contributed by atoms with Crippen LogP contribution in [-0.2, 0) is 14.3 Å². The van der Waals surface area contributed by atoms with Gasteiger partial charge in [-0.25, -0.2) is 0 Å². The molecule has 5 heteroatoms. The highest BCUT2D eigenvalue weighted by Gasteiger charge is 2.32. The van der Waals surface area contributed by atoms with Gasteiger partial charge in [0.25, 0.3) is 0 Å². The Morgan fingerprint density at radius 3 is 2.15 bits per heavy atom. The third-order valence-electron chi connectivity index (χ3n) is 3.69. The fourth-order valence-electron chi connectivity index (χ4n) is 2.54. The molecule has 2 rings (SSSR count). The van der Waals surface area contributed by atoms with Gasteiger partial charge in [-0.15, -0.1) is 0 Å². The molecule has 0 bridgehead atoms. The third-order valence-corrected chi connectivity index (χ3v) is 3.69. The summed E-state index contributed by atoms with van der Waals surface area (Å²) in [4.78, 5) is 28.0. The molecule has 1 aliphatic carbocycles. The first-order valence-corrected chi connectivity index (χ1v) is 7.59. The van der Waals surface area contributed by atoms with Crippen molar-refractivity contribution in [1.82, 2.24) is 9.80 Å². The van der Waals surface area contributed by atoms with Crippen LogP contribution < -0.4 is 0 Å². The van der Waals surface area contributed by atoms with Gasteiger partial charge in [0, 0.05) is 38.6 Å². The van der Waals surface area contributed by atoms with Gasteiger partial charge in [0.1, 0.15) is 5.60 Å². The lowest BCUT2D eigenvalue weighted by molar-refractivity contribution is -0.156. The zero-order chi connectivity index (χ0) is 14.8. The molecule has 1 aliphatic heterocycles. The summed E-state index contributed by atoms with van der Waals surface area (Å²) in [7, 11) is 0. The zero-order valence-electron chi connectivity index (χ0n) is 12.9. The van der Waals surface area contributed by atoms with Gasteiger partial charge < -0.3 is 9.64 Å². The Hall–Kier alpha value is -1.10. The maximum Gasteiger partial charge on any atom is 0.306 e. The summed E-state index contributed by atoms with van der Waals surface area (Å²) >= 11 is 0. The predicted molar refractivity (Wildman–Crippen MR) is 76.3 cm³/mol. The van der Waals surface area contributed by atoms with Crippen molar-refractivity contribution >= 4 is 11.9 Å². The average Bonchev–Trinajstić information content (AvgIpc) is 3.18. The number of hydrogen-bond acceptors (Lipinski definition) is 4. The molecule has 0 atom stereocenters. The van der Waals surface area contributed by atoms with E-state index in [9.17, 15) is 9.59 Å². The van der Waals surface area contributed by atoms with Crippen molar-refractivity contribution in [3.8, 4) is 0 Å². The Balaban J connectivity index is 1.66. The van der Waals surface area contributed by atoms with Gasteiger partial charge in [-0.05, 0) is 33.6 Å². The SMILES string of the molecule is CC(C)(C)OC(=O)CCC(=O)N1CCN(C2CC2)CC1. The minimum atomic E-state index is -0.476. The van der Waals surface area contributed by atoms with Gasteiger partial charge in [-0.1, -0.05) is 0 Å². The molecule has 5 nitrogen and oxygen atoms in total. The molecule has 1 saturated heterocycles. The molecule has 114 valence electrons. The fourth-order valence-corrected chi connectivity index (χ4v) is 2.54. The zero-order valence-corrected chi connectivity index (χ0v) is 12.9. The Morgan fingerprint density at radius 1 is 1.05 bits per heavy atom. The first-order valence-electron chi connectivity index (χ1n) is 7.59. The summed E-state index contributed by atoms with van der Waals surface area (Å²) in [5, 5.41) is 0. The van der Waals surface area contributed by atoms with Crippen LogP contribution in [-0.4, -0.2) is 59.5 Å². The second kappa shape index (κ2) is 6.12. The Labute approximate surface area is 121 Å². The summed E-state index contributed by atoms with van der Waals surface area (Å²) < 4.78 is 5.21. The molecule has 1 amide bonds. The van der Waals surface area contributed by atoms with Crippen LogP contribution >= 0.6 is 0 Å². The number of carbonyl (C=O) groups is 2. The molecule has 1 heterocycles. The summed E-state index contributed by atoms with van der Waals surface area (Å²) in [6.07, 6.45) is 3.07. The van der Waals surface area contributed by atoms with Crippen molar-refractivity contribution in [2.45, 2.75) is 58.1 Å². The predicted octanol–water partition coefficient (Wildman–Crippen LogP) is 1.41. The van der Waals surface area contributed by atoms with Crippen LogP contribution in [0.25, 0.3) is 0 Å². The van der Waals surface area contributed by atoms with Gasteiger partial charge in [-0.3, -0.25) is 14.5 Å². The highest BCUT2D eigenvalue weighted by Crippen LogP contribution is 2.27. The molecular weight excluding hydrogens is 256 g/mol. The molecular formula is C15H26N2O3. The van der Waals surface area contributed by atoms with Gasteiger partial charge in [-0.2, -0.15) is 0 Å². The normalized spacial score (nSPS) is 20.9. The van der Waals surface area contributed by atoms with Crippen molar-refractivity contribution in [2.24, 2.45) is 0 Å². The van der Waals surface area contributed by atoms with E-state index in [1.165, 1.54) is 12.8 Å². The molecule has 2 fully saturated rings. The molecule has 0 radical (unpaired) electrons. The maximum absolute atomic E-state index is 12.1. The van der Waals surface area contributed by atoms with Crippen LogP contribution in [0.1, 0.15) is 46.5 Å². The van der Waals surface area contributed by atoms with Crippen molar-refractivity contribution < 1.29 is 14.3 Å². The Kier molecular flexibility index (Phi) is 4.68. The van der Waals surface area contributed by atoms with Crippen molar-refractivity contribution in [3.05, 3.63) is 0 Å². The minimum absolute atomic E-state index is 0.0753. The largest absolute Gasteiger partial charge is 0.460 e.